The molecule has 2 atom stereocenters. The van der Waals surface area contributed by atoms with Gasteiger partial charge in [0.25, 0.3) is 0 Å². The summed E-state index contributed by atoms with van der Waals surface area (Å²) >= 11 is 0. The summed E-state index contributed by atoms with van der Waals surface area (Å²) in [6.45, 7) is 4.05. The molecule has 2 unspecified atom stereocenters. The molecule has 0 saturated carbocycles. The van der Waals surface area contributed by atoms with E-state index < -0.39 is 0 Å². The zero-order chi connectivity index (χ0) is 17.3. The second-order valence-corrected chi connectivity index (χ2v) is 7.49. The highest BCUT2D eigenvalue weighted by Gasteiger charge is 2.18. The SMILES string of the molecule is c1cc2c(cnn2CC2CCNC2)cc1-c1cnn(C2CCCCO2)c1. The standard InChI is InChI=1S/C20H25N5O/c1-2-8-26-20(3-1)25-14-18(12-23-25)16-4-5-19-17(9-16)11-22-24(19)13-15-6-7-21-10-15/h4-5,9,11-12,14-15,20-21H,1-3,6-8,10,13H2. The third-order valence-corrected chi connectivity index (χ3v) is 5.62. The summed E-state index contributed by atoms with van der Waals surface area (Å²) < 4.78 is 9.95. The topological polar surface area (TPSA) is 56.9 Å². The normalized spacial score (nSPS) is 23.7. The summed E-state index contributed by atoms with van der Waals surface area (Å²) in [5.74, 6) is 0.687. The molecule has 2 aliphatic heterocycles. The van der Waals surface area contributed by atoms with Crippen LogP contribution in [0.1, 0.15) is 31.9 Å². The molecule has 6 nitrogen and oxygen atoms in total. The summed E-state index contributed by atoms with van der Waals surface area (Å²) in [6, 6.07) is 6.58. The molecule has 1 aromatic carbocycles. The van der Waals surface area contributed by atoms with Crippen LogP contribution in [-0.2, 0) is 11.3 Å². The molecular formula is C20H25N5O. The van der Waals surface area contributed by atoms with E-state index in [4.69, 9.17) is 4.74 Å². The molecule has 2 aliphatic rings. The van der Waals surface area contributed by atoms with Gasteiger partial charge in [-0.3, -0.25) is 4.68 Å². The molecule has 4 heterocycles. The van der Waals surface area contributed by atoms with Gasteiger partial charge < -0.3 is 10.1 Å². The van der Waals surface area contributed by atoms with Gasteiger partial charge in [0, 0.05) is 30.3 Å². The predicted molar refractivity (Wildman–Crippen MR) is 101 cm³/mol. The summed E-state index contributed by atoms with van der Waals surface area (Å²) in [5, 5.41) is 13.8. The maximum absolute atomic E-state index is 5.83. The number of fused-ring (bicyclic) bond motifs is 1. The van der Waals surface area contributed by atoms with Gasteiger partial charge in [-0.05, 0) is 62.4 Å². The van der Waals surface area contributed by atoms with Crippen molar-refractivity contribution in [3.05, 3.63) is 36.8 Å². The number of hydrogen-bond donors (Lipinski definition) is 1. The third kappa shape index (κ3) is 3.04. The molecule has 1 N–H and O–H groups in total. The maximum atomic E-state index is 5.83. The monoisotopic (exact) mass is 351 g/mol. The first-order chi connectivity index (χ1) is 12.9. The number of nitrogens with one attached hydrogen (secondary N) is 1. The Labute approximate surface area is 153 Å². The van der Waals surface area contributed by atoms with E-state index in [1.807, 2.05) is 17.1 Å². The maximum Gasteiger partial charge on any atom is 0.150 e. The van der Waals surface area contributed by atoms with Crippen molar-refractivity contribution in [1.82, 2.24) is 24.9 Å². The molecule has 0 radical (unpaired) electrons. The van der Waals surface area contributed by atoms with Crippen LogP contribution in [0.3, 0.4) is 0 Å². The first-order valence-corrected chi connectivity index (χ1v) is 9.69. The smallest absolute Gasteiger partial charge is 0.150 e. The molecule has 2 saturated heterocycles. The summed E-state index contributed by atoms with van der Waals surface area (Å²) in [5.41, 5.74) is 3.53. The zero-order valence-corrected chi connectivity index (χ0v) is 15.0. The van der Waals surface area contributed by atoms with Crippen molar-refractivity contribution in [2.45, 2.75) is 38.5 Å². The molecular weight excluding hydrogens is 326 g/mol. The van der Waals surface area contributed by atoms with E-state index in [2.05, 4.69) is 44.6 Å². The highest BCUT2D eigenvalue weighted by Crippen LogP contribution is 2.28. The Bertz CT molecular complexity index is 887. The lowest BCUT2D eigenvalue weighted by Crippen LogP contribution is -2.18. The summed E-state index contributed by atoms with van der Waals surface area (Å²) in [6.07, 6.45) is 10.8. The van der Waals surface area contributed by atoms with Crippen LogP contribution in [0.4, 0.5) is 0 Å². The van der Waals surface area contributed by atoms with Gasteiger partial charge in [0.05, 0.1) is 17.9 Å². The lowest BCUT2D eigenvalue weighted by molar-refractivity contribution is -0.0394. The Morgan fingerprint density at radius 2 is 2.12 bits per heavy atom. The Balaban J connectivity index is 1.38. The number of ether oxygens (including phenoxy) is 1. The minimum atomic E-state index is 0.0870. The van der Waals surface area contributed by atoms with E-state index in [9.17, 15) is 0 Å². The van der Waals surface area contributed by atoms with Gasteiger partial charge in [0.2, 0.25) is 0 Å². The van der Waals surface area contributed by atoms with Gasteiger partial charge in [0.15, 0.2) is 0 Å². The Hall–Kier alpha value is -2.18. The molecule has 0 amide bonds. The fourth-order valence-electron chi connectivity index (χ4n) is 4.10. The van der Waals surface area contributed by atoms with E-state index in [1.54, 1.807) is 0 Å². The molecule has 3 aromatic rings. The quantitative estimate of drug-likeness (QED) is 0.784. The van der Waals surface area contributed by atoms with Crippen LogP contribution in [0.25, 0.3) is 22.0 Å². The van der Waals surface area contributed by atoms with Crippen LogP contribution in [0.5, 0.6) is 0 Å². The van der Waals surface area contributed by atoms with E-state index in [0.717, 1.165) is 44.6 Å². The highest BCUT2D eigenvalue weighted by atomic mass is 16.5. The minimum Gasteiger partial charge on any atom is -0.357 e. The molecule has 26 heavy (non-hydrogen) atoms. The first-order valence-electron chi connectivity index (χ1n) is 9.69. The number of rotatable bonds is 4. The van der Waals surface area contributed by atoms with Crippen LogP contribution >= 0.6 is 0 Å². The number of nitrogens with zero attached hydrogens (tertiary/aromatic N) is 4. The number of benzene rings is 1. The second kappa shape index (κ2) is 6.85. The van der Waals surface area contributed by atoms with E-state index >= 15 is 0 Å². The first kappa shape index (κ1) is 16.0. The Kier molecular flexibility index (Phi) is 4.22. The molecule has 5 rings (SSSR count). The van der Waals surface area contributed by atoms with Gasteiger partial charge in [-0.25, -0.2) is 4.68 Å². The fraction of sp³-hybridized carbons (Fsp3) is 0.500. The van der Waals surface area contributed by atoms with E-state index in [1.165, 1.54) is 29.3 Å². The Morgan fingerprint density at radius 3 is 2.96 bits per heavy atom. The van der Waals surface area contributed by atoms with Gasteiger partial charge >= 0.3 is 0 Å². The molecule has 6 heteroatoms. The summed E-state index contributed by atoms with van der Waals surface area (Å²) in [7, 11) is 0. The lowest BCUT2D eigenvalue weighted by Gasteiger charge is -2.22. The largest absolute Gasteiger partial charge is 0.357 e. The van der Waals surface area contributed by atoms with Gasteiger partial charge in [0.1, 0.15) is 6.23 Å². The zero-order valence-electron chi connectivity index (χ0n) is 15.0. The van der Waals surface area contributed by atoms with Gasteiger partial charge in [-0.2, -0.15) is 10.2 Å². The van der Waals surface area contributed by atoms with Crippen molar-refractivity contribution < 1.29 is 4.74 Å². The van der Waals surface area contributed by atoms with E-state index in [0.29, 0.717) is 5.92 Å². The molecule has 2 aromatic heterocycles. The number of aromatic nitrogens is 4. The number of hydrogen-bond acceptors (Lipinski definition) is 4. The summed E-state index contributed by atoms with van der Waals surface area (Å²) in [4.78, 5) is 0. The third-order valence-electron chi connectivity index (χ3n) is 5.62. The Morgan fingerprint density at radius 1 is 1.12 bits per heavy atom. The van der Waals surface area contributed by atoms with Crippen molar-refractivity contribution >= 4 is 10.9 Å². The molecule has 136 valence electrons. The van der Waals surface area contributed by atoms with Crippen LogP contribution < -0.4 is 5.32 Å². The van der Waals surface area contributed by atoms with Gasteiger partial charge in [-0.1, -0.05) is 6.07 Å². The predicted octanol–water partition coefficient (Wildman–Crippen LogP) is 3.21. The van der Waals surface area contributed by atoms with Crippen LogP contribution in [0, 0.1) is 5.92 Å². The molecule has 0 spiro atoms. The van der Waals surface area contributed by atoms with Gasteiger partial charge in [-0.15, -0.1) is 0 Å². The molecule has 0 aliphatic carbocycles. The molecule has 2 fully saturated rings. The van der Waals surface area contributed by atoms with E-state index in [-0.39, 0.29) is 6.23 Å². The lowest BCUT2D eigenvalue weighted by atomic mass is 10.1. The minimum absolute atomic E-state index is 0.0870. The second-order valence-electron chi connectivity index (χ2n) is 7.49. The average Bonchev–Trinajstić information content (AvgIpc) is 3.44. The molecule has 0 bridgehead atoms. The van der Waals surface area contributed by atoms with Crippen molar-refractivity contribution in [3.63, 3.8) is 0 Å². The average molecular weight is 351 g/mol. The fourth-order valence-corrected chi connectivity index (χ4v) is 4.10. The van der Waals surface area contributed by atoms with Crippen molar-refractivity contribution in [1.29, 1.82) is 0 Å². The van der Waals surface area contributed by atoms with Crippen LogP contribution in [-0.4, -0.2) is 39.3 Å². The van der Waals surface area contributed by atoms with Crippen LogP contribution in [0.15, 0.2) is 36.8 Å². The highest BCUT2D eigenvalue weighted by molar-refractivity contribution is 5.84. The van der Waals surface area contributed by atoms with Crippen molar-refractivity contribution in [2.75, 3.05) is 19.7 Å². The van der Waals surface area contributed by atoms with Crippen LogP contribution in [0.2, 0.25) is 0 Å². The van der Waals surface area contributed by atoms with Crippen molar-refractivity contribution in [2.24, 2.45) is 5.92 Å². The van der Waals surface area contributed by atoms with Crippen molar-refractivity contribution in [3.8, 4) is 11.1 Å².